The topological polar surface area (TPSA) is 70.1 Å². The van der Waals surface area contributed by atoms with Gasteiger partial charge in [0.15, 0.2) is 5.60 Å². The van der Waals surface area contributed by atoms with Crippen LogP contribution >= 0.6 is 0 Å². The molecule has 3 aliphatic rings. The van der Waals surface area contributed by atoms with Gasteiger partial charge in [-0.1, -0.05) is 13.8 Å². The van der Waals surface area contributed by atoms with Gasteiger partial charge in [0.1, 0.15) is 19.3 Å². The molecular formula is C25H38N2O5. The van der Waals surface area contributed by atoms with Crippen molar-refractivity contribution in [2.75, 3.05) is 27.7 Å². The quantitative estimate of drug-likeness (QED) is 0.379. The van der Waals surface area contributed by atoms with Gasteiger partial charge in [0, 0.05) is 38.6 Å². The molecule has 0 bridgehead atoms. The molecule has 2 aliphatic carbocycles. The number of aromatic nitrogens is 1. The van der Waals surface area contributed by atoms with Crippen molar-refractivity contribution in [3.63, 3.8) is 0 Å². The lowest BCUT2D eigenvalue weighted by molar-refractivity contribution is -0.235. The Morgan fingerprint density at radius 3 is 2.53 bits per heavy atom. The van der Waals surface area contributed by atoms with Crippen LogP contribution in [0.25, 0.3) is 0 Å². The molecule has 2 heterocycles. The number of pyridine rings is 1. The number of hydrogen-bond acceptors (Lipinski definition) is 6. The van der Waals surface area contributed by atoms with Crippen molar-refractivity contribution in [1.29, 1.82) is 0 Å². The molecule has 1 aromatic rings. The van der Waals surface area contributed by atoms with E-state index in [2.05, 4.69) is 18.8 Å². The minimum Gasteiger partial charge on any atom is -0.490 e. The molecular weight excluding hydrogens is 408 g/mol. The summed E-state index contributed by atoms with van der Waals surface area (Å²) in [5.74, 6) is 1.16. The molecule has 7 heteroatoms. The number of β-lactam (4-membered cyclic amide) rings is 1. The Morgan fingerprint density at radius 2 is 1.91 bits per heavy atom. The lowest BCUT2D eigenvalue weighted by Gasteiger charge is -2.55. The zero-order chi connectivity index (χ0) is 22.8. The van der Waals surface area contributed by atoms with E-state index in [4.69, 9.17) is 18.9 Å². The first-order valence-corrected chi connectivity index (χ1v) is 12.0. The highest BCUT2D eigenvalue weighted by Crippen LogP contribution is 2.56. The minimum atomic E-state index is -0.992. The lowest BCUT2D eigenvalue weighted by atomic mass is 9.75. The summed E-state index contributed by atoms with van der Waals surface area (Å²) in [5.41, 5.74) is 0.457. The molecule has 0 radical (unpaired) electrons. The molecule has 2 atom stereocenters. The number of rotatable bonds is 11. The van der Waals surface area contributed by atoms with E-state index in [1.807, 2.05) is 12.1 Å². The van der Waals surface area contributed by atoms with Gasteiger partial charge >= 0.3 is 0 Å². The number of carbonyl (C=O) groups is 1. The molecule has 7 nitrogen and oxygen atoms in total. The summed E-state index contributed by atoms with van der Waals surface area (Å²) in [4.78, 5) is 19.6. The van der Waals surface area contributed by atoms with Gasteiger partial charge in [-0.15, -0.1) is 0 Å². The van der Waals surface area contributed by atoms with E-state index in [0.717, 1.165) is 30.7 Å². The van der Waals surface area contributed by atoms with E-state index in [9.17, 15) is 4.79 Å². The first-order valence-electron chi connectivity index (χ1n) is 12.0. The maximum atomic E-state index is 13.3. The van der Waals surface area contributed by atoms with E-state index < -0.39 is 5.60 Å². The lowest BCUT2D eigenvalue weighted by Crippen LogP contribution is -2.76. The van der Waals surface area contributed by atoms with Crippen molar-refractivity contribution < 1.29 is 23.7 Å². The Hall–Kier alpha value is -1.70. The summed E-state index contributed by atoms with van der Waals surface area (Å²) in [5, 5.41) is 0. The van der Waals surface area contributed by atoms with Crippen LogP contribution < -0.4 is 4.74 Å². The number of hydrogen-bond donors (Lipinski definition) is 0. The fraction of sp³-hybridized carbons (Fsp3) is 0.760. The van der Waals surface area contributed by atoms with E-state index >= 15 is 0 Å². The summed E-state index contributed by atoms with van der Waals surface area (Å²) in [7, 11) is 3.18. The van der Waals surface area contributed by atoms with Gasteiger partial charge in [-0.05, 0) is 62.3 Å². The molecule has 2 unspecified atom stereocenters. The average Bonchev–Trinajstić information content (AvgIpc) is 3.54. The molecule has 1 saturated heterocycles. The van der Waals surface area contributed by atoms with Crippen LogP contribution in [0.2, 0.25) is 0 Å². The van der Waals surface area contributed by atoms with Crippen LogP contribution in [0.1, 0.15) is 64.5 Å². The van der Waals surface area contributed by atoms with E-state index in [-0.39, 0.29) is 31.6 Å². The Bertz CT molecular complexity index is 786. The number of methoxy groups -OCH3 is 2. The van der Waals surface area contributed by atoms with Crippen LogP contribution in [0.5, 0.6) is 5.75 Å². The minimum absolute atomic E-state index is 0.0567. The Balaban J connectivity index is 1.48. The SMILES string of the molecule is COCOC1(Cc2cc(OC3CCC4(CC3)CC4)ccn2)C(=O)N(COC)C1CC(C)C. The number of ether oxygens (including phenoxy) is 4. The fourth-order valence-electron chi connectivity index (χ4n) is 5.42. The first-order chi connectivity index (χ1) is 15.4. The molecule has 0 N–H and O–H groups in total. The molecule has 0 aromatic carbocycles. The van der Waals surface area contributed by atoms with Crippen LogP contribution in [-0.4, -0.2) is 61.3 Å². The van der Waals surface area contributed by atoms with Crippen LogP contribution in [0, 0.1) is 11.3 Å². The highest BCUT2D eigenvalue weighted by atomic mass is 16.7. The van der Waals surface area contributed by atoms with Gasteiger partial charge < -0.3 is 23.8 Å². The van der Waals surface area contributed by atoms with Crippen LogP contribution in [0.4, 0.5) is 0 Å². The largest absolute Gasteiger partial charge is 0.490 e. The summed E-state index contributed by atoms with van der Waals surface area (Å²) in [6.45, 7) is 4.62. The molecule has 1 spiro atoms. The van der Waals surface area contributed by atoms with Crippen molar-refractivity contribution in [3.8, 4) is 5.75 Å². The van der Waals surface area contributed by atoms with Gasteiger partial charge in [-0.25, -0.2) is 0 Å². The van der Waals surface area contributed by atoms with Crippen molar-refractivity contribution in [3.05, 3.63) is 24.0 Å². The number of nitrogens with zero attached hydrogens (tertiary/aromatic N) is 2. The normalized spacial score (nSPS) is 27.1. The summed E-state index contributed by atoms with van der Waals surface area (Å²) >= 11 is 0. The van der Waals surface area contributed by atoms with Gasteiger partial charge in [0.05, 0.1) is 12.1 Å². The van der Waals surface area contributed by atoms with Gasteiger partial charge in [-0.3, -0.25) is 9.78 Å². The highest BCUT2D eigenvalue weighted by Gasteiger charge is 2.62. The molecule has 1 amide bonds. The third-order valence-electron chi connectivity index (χ3n) is 7.42. The first kappa shape index (κ1) is 23.5. The van der Waals surface area contributed by atoms with Gasteiger partial charge in [-0.2, -0.15) is 0 Å². The number of amides is 1. The average molecular weight is 447 g/mol. The summed E-state index contributed by atoms with van der Waals surface area (Å²) in [6, 6.07) is 3.79. The zero-order valence-electron chi connectivity index (χ0n) is 20.0. The summed E-state index contributed by atoms with van der Waals surface area (Å²) in [6.07, 6.45) is 10.9. The molecule has 32 heavy (non-hydrogen) atoms. The van der Waals surface area contributed by atoms with Gasteiger partial charge in [0.25, 0.3) is 5.91 Å². The molecule has 1 aliphatic heterocycles. The molecule has 178 valence electrons. The second-order valence-electron chi connectivity index (χ2n) is 10.3. The van der Waals surface area contributed by atoms with E-state index in [1.54, 1.807) is 25.3 Å². The highest BCUT2D eigenvalue weighted by molar-refractivity contribution is 5.93. The van der Waals surface area contributed by atoms with E-state index in [0.29, 0.717) is 17.8 Å². The Labute approximate surface area is 191 Å². The maximum Gasteiger partial charge on any atom is 0.259 e. The smallest absolute Gasteiger partial charge is 0.259 e. The fourth-order valence-corrected chi connectivity index (χ4v) is 5.42. The second kappa shape index (κ2) is 9.65. The number of carbonyl (C=O) groups excluding carboxylic acids is 1. The van der Waals surface area contributed by atoms with Crippen LogP contribution in [0.3, 0.4) is 0 Å². The van der Waals surface area contributed by atoms with Crippen molar-refractivity contribution >= 4 is 5.91 Å². The van der Waals surface area contributed by atoms with Crippen molar-refractivity contribution in [2.45, 2.75) is 83.0 Å². The van der Waals surface area contributed by atoms with Crippen LogP contribution in [0.15, 0.2) is 18.3 Å². The van der Waals surface area contributed by atoms with Crippen molar-refractivity contribution in [2.24, 2.45) is 11.3 Å². The van der Waals surface area contributed by atoms with Crippen LogP contribution in [-0.2, 0) is 25.4 Å². The summed E-state index contributed by atoms with van der Waals surface area (Å²) < 4.78 is 22.9. The standard InChI is InChI=1S/C25H38N2O5/c1-18(2)13-22-25(31-17-30-4,23(28)27(22)16-29-3)15-19-14-21(7-12-26-19)32-20-5-8-24(9-6-20)10-11-24/h7,12,14,18,20,22H,5-6,8-11,13,15-17H2,1-4H3. The Morgan fingerprint density at radius 1 is 1.16 bits per heavy atom. The molecule has 1 aromatic heterocycles. The predicted molar refractivity (Wildman–Crippen MR) is 120 cm³/mol. The zero-order valence-corrected chi connectivity index (χ0v) is 20.0. The number of likely N-dealkylation sites (tertiary alicyclic amines) is 1. The molecule has 4 rings (SSSR count). The molecule has 3 fully saturated rings. The second-order valence-corrected chi connectivity index (χ2v) is 10.3. The Kier molecular flexibility index (Phi) is 7.08. The monoisotopic (exact) mass is 446 g/mol. The predicted octanol–water partition coefficient (Wildman–Crippen LogP) is 3.95. The third kappa shape index (κ3) is 4.80. The maximum absolute atomic E-state index is 13.3. The van der Waals surface area contributed by atoms with Gasteiger partial charge in [0.2, 0.25) is 0 Å². The molecule has 2 saturated carbocycles. The van der Waals surface area contributed by atoms with Crippen molar-refractivity contribution in [1.82, 2.24) is 9.88 Å². The van der Waals surface area contributed by atoms with E-state index in [1.165, 1.54) is 25.7 Å². The third-order valence-corrected chi connectivity index (χ3v) is 7.42.